The standard InChI is InChI=1S/C18H17FN4O3/c1-11-17(21-22-23(11)15-7-5-4-6-13(15)19)18(24)20-14-9-8-12(25-2)10-16(14)26-3/h4-10H,1-3H3,(H,20,24). The van der Waals surface area contributed by atoms with E-state index in [0.29, 0.717) is 22.9 Å². The number of rotatable bonds is 5. The van der Waals surface area contributed by atoms with Gasteiger partial charge in [0, 0.05) is 6.07 Å². The summed E-state index contributed by atoms with van der Waals surface area (Å²) in [5.74, 6) is 0.108. The van der Waals surface area contributed by atoms with E-state index in [1.165, 1.54) is 25.0 Å². The summed E-state index contributed by atoms with van der Waals surface area (Å²) in [5, 5.41) is 10.5. The molecule has 3 aromatic rings. The van der Waals surface area contributed by atoms with Crippen LogP contribution in [0.2, 0.25) is 0 Å². The van der Waals surface area contributed by atoms with Crippen LogP contribution in [0.3, 0.4) is 0 Å². The average Bonchev–Trinajstić information content (AvgIpc) is 3.03. The minimum absolute atomic E-state index is 0.0890. The number of para-hydroxylation sites is 1. The van der Waals surface area contributed by atoms with Gasteiger partial charge in [0.2, 0.25) is 0 Å². The fourth-order valence-corrected chi connectivity index (χ4v) is 2.47. The Balaban J connectivity index is 1.89. The number of amides is 1. The molecule has 1 heterocycles. The Kier molecular flexibility index (Phi) is 4.83. The zero-order valence-electron chi connectivity index (χ0n) is 14.5. The van der Waals surface area contributed by atoms with E-state index in [4.69, 9.17) is 9.47 Å². The van der Waals surface area contributed by atoms with E-state index in [2.05, 4.69) is 15.6 Å². The number of methoxy groups -OCH3 is 2. The lowest BCUT2D eigenvalue weighted by atomic mass is 10.2. The smallest absolute Gasteiger partial charge is 0.278 e. The van der Waals surface area contributed by atoms with Crippen molar-refractivity contribution in [1.29, 1.82) is 0 Å². The van der Waals surface area contributed by atoms with Crippen LogP contribution in [0, 0.1) is 12.7 Å². The maximum Gasteiger partial charge on any atom is 0.278 e. The van der Waals surface area contributed by atoms with Crippen LogP contribution in [0.25, 0.3) is 5.69 Å². The summed E-state index contributed by atoms with van der Waals surface area (Å²) in [4.78, 5) is 12.6. The summed E-state index contributed by atoms with van der Waals surface area (Å²) in [6.45, 7) is 1.65. The van der Waals surface area contributed by atoms with Crippen molar-refractivity contribution in [3.05, 3.63) is 59.7 Å². The molecule has 26 heavy (non-hydrogen) atoms. The number of anilines is 1. The first-order chi connectivity index (χ1) is 12.5. The molecule has 0 radical (unpaired) electrons. The fraction of sp³-hybridized carbons (Fsp3) is 0.167. The molecule has 8 heteroatoms. The number of aromatic nitrogens is 3. The van der Waals surface area contributed by atoms with Crippen molar-refractivity contribution in [3.8, 4) is 17.2 Å². The SMILES string of the molecule is COc1ccc(NC(=O)c2nnn(-c3ccccc3F)c2C)c(OC)c1. The Morgan fingerprint density at radius 1 is 1.15 bits per heavy atom. The van der Waals surface area contributed by atoms with Gasteiger partial charge in [-0.1, -0.05) is 17.3 Å². The third kappa shape index (κ3) is 3.21. The predicted molar refractivity (Wildman–Crippen MR) is 93.6 cm³/mol. The first-order valence-electron chi connectivity index (χ1n) is 7.75. The van der Waals surface area contributed by atoms with E-state index in [1.807, 2.05) is 0 Å². The van der Waals surface area contributed by atoms with Gasteiger partial charge in [-0.05, 0) is 31.2 Å². The Hall–Kier alpha value is -3.42. The third-order valence-corrected chi connectivity index (χ3v) is 3.85. The first-order valence-corrected chi connectivity index (χ1v) is 7.75. The molecule has 7 nitrogen and oxygen atoms in total. The number of hydrogen-bond donors (Lipinski definition) is 1. The second-order valence-electron chi connectivity index (χ2n) is 5.41. The molecule has 0 saturated heterocycles. The highest BCUT2D eigenvalue weighted by Crippen LogP contribution is 2.29. The molecule has 0 aliphatic heterocycles. The van der Waals surface area contributed by atoms with Gasteiger partial charge in [-0.3, -0.25) is 4.79 Å². The molecule has 1 amide bonds. The van der Waals surface area contributed by atoms with Crippen molar-refractivity contribution in [1.82, 2.24) is 15.0 Å². The van der Waals surface area contributed by atoms with Crippen LogP contribution >= 0.6 is 0 Å². The largest absolute Gasteiger partial charge is 0.497 e. The van der Waals surface area contributed by atoms with E-state index in [-0.39, 0.29) is 11.4 Å². The molecule has 2 aromatic carbocycles. The number of nitrogens with one attached hydrogen (secondary N) is 1. The molecule has 0 bridgehead atoms. The van der Waals surface area contributed by atoms with E-state index >= 15 is 0 Å². The van der Waals surface area contributed by atoms with Crippen LogP contribution in [-0.4, -0.2) is 35.1 Å². The Morgan fingerprint density at radius 2 is 1.92 bits per heavy atom. The monoisotopic (exact) mass is 356 g/mol. The van der Waals surface area contributed by atoms with Crippen molar-refractivity contribution >= 4 is 11.6 Å². The van der Waals surface area contributed by atoms with Crippen molar-refractivity contribution in [2.45, 2.75) is 6.92 Å². The zero-order valence-corrected chi connectivity index (χ0v) is 14.5. The van der Waals surface area contributed by atoms with Gasteiger partial charge in [-0.2, -0.15) is 0 Å². The summed E-state index contributed by atoms with van der Waals surface area (Å²) in [7, 11) is 3.03. The number of ether oxygens (including phenoxy) is 2. The number of nitrogens with zero attached hydrogens (tertiary/aromatic N) is 3. The maximum absolute atomic E-state index is 14.0. The van der Waals surface area contributed by atoms with Crippen LogP contribution in [-0.2, 0) is 0 Å². The number of carbonyl (C=O) groups is 1. The lowest BCUT2D eigenvalue weighted by Crippen LogP contribution is -2.15. The second-order valence-corrected chi connectivity index (χ2v) is 5.41. The van der Waals surface area contributed by atoms with Crippen molar-refractivity contribution in [3.63, 3.8) is 0 Å². The zero-order chi connectivity index (χ0) is 18.7. The molecule has 0 aliphatic rings. The van der Waals surface area contributed by atoms with Crippen LogP contribution in [0.5, 0.6) is 11.5 Å². The minimum atomic E-state index is -0.478. The molecule has 1 aromatic heterocycles. The van der Waals surface area contributed by atoms with Gasteiger partial charge in [0.1, 0.15) is 23.0 Å². The molecular weight excluding hydrogens is 339 g/mol. The highest BCUT2D eigenvalue weighted by atomic mass is 19.1. The van der Waals surface area contributed by atoms with E-state index in [0.717, 1.165) is 0 Å². The quantitative estimate of drug-likeness (QED) is 0.760. The first kappa shape index (κ1) is 17.4. The molecular formula is C18H17FN4O3. The molecule has 134 valence electrons. The van der Waals surface area contributed by atoms with Crippen molar-refractivity contribution in [2.24, 2.45) is 0 Å². The lowest BCUT2D eigenvalue weighted by molar-refractivity contribution is 0.102. The molecule has 0 spiro atoms. The minimum Gasteiger partial charge on any atom is -0.497 e. The average molecular weight is 356 g/mol. The summed E-state index contributed by atoms with van der Waals surface area (Å²) < 4.78 is 25.6. The number of halogens is 1. The fourth-order valence-electron chi connectivity index (χ4n) is 2.47. The lowest BCUT2D eigenvalue weighted by Gasteiger charge is -2.11. The molecule has 0 fully saturated rings. The predicted octanol–water partition coefficient (Wildman–Crippen LogP) is 2.98. The van der Waals surface area contributed by atoms with Crippen LogP contribution in [0.15, 0.2) is 42.5 Å². The van der Waals surface area contributed by atoms with Crippen LogP contribution < -0.4 is 14.8 Å². The molecule has 0 saturated carbocycles. The number of benzene rings is 2. The Labute approximate surface area is 149 Å². The highest BCUT2D eigenvalue weighted by Gasteiger charge is 2.20. The topological polar surface area (TPSA) is 78.3 Å². The number of carbonyl (C=O) groups excluding carboxylic acids is 1. The van der Waals surface area contributed by atoms with Gasteiger partial charge in [0.25, 0.3) is 5.91 Å². The van der Waals surface area contributed by atoms with E-state index < -0.39 is 11.7 Å². The van der Waals surface area contributed by atoms with Gasteiger partial charge < -0.3 is 14.8 Å². The van der Waals surface area contributed by atoms with Crippen molar-refractivity contribution < 1.29 is 18.7 Å². The van der Waals surface area contributed by atoms with Gasteiger partial charge in [0.05, 0.1) is 25.6 Å². The van der Waals surface area contributed by atoms with Crippen LogP contribution in [0.4, 0.5) is 10.1 Å². The molecule has 0 unspecified atom stereocenters. The Bertz CT molecular complexity index is 955. The number of hydrogen-bond acceptors (Lipinski definition) is 5. The van der Waals surface area contributed by atoms with Gasteiger partial charge in [-0.25, -0.2) is 9.07 Å². The highest BCUT2D eigenvalue weighted by molar-refractivity contribution is 6.04. The van der Waals surface area contributed by atoms with Crippen LogP contribution in [0.1, 0.15) is 16.2 Å². The Morgan fingerprint density at radius 3 is 2.62 bits per heavy atom. The summed E-state index contributed by atoms with van der Waals surface area (Å²) in [6.07, 6.45) is 0. The molecule has 0 aliphatic carbocycles. The maximum atomic E-state index is 14.0. The van der Waals surface area contributed by atoms with E-state index in [1.54, 1.807) is 43.3 Å². The molecule has 1 N–H and O–H groups in total. The normalized spacial score (nSPS) is 10.5. The summed E-state index contributed by atoms with van der Waals surface area (Å²) in [6, 6.07) is 11.1. The third-order valence-electron chi connectivity index (χ3n) is 3.85. The van der Waals surface area contributed by atoms with Crippen molar-refractivity contribution in [2.75, 3.05) is 19.5 Å². The second kappa shape index (κ2) is 7.22. The van der Waals surface area contributed by atoms with E-state index in [9.17, 15) is 9.18 Å². The molecule has 3 rings (SSSR count). The summed E-state index contributed by atoms with van der Waals surface area (Å²) in [5.41, 5.74) is 1.18. The molecule has 0 atom stereocenters. The van der Waals surface area contributed by atoms with Gasteiger partial charge >= 0.3 is 0 Å². The summed E-state index contributed by atoms with van der Waals surface area (Å²) >= 11 is 0. The van der Waals surface area contributed by atoms with Gasteiger partial charge in [0.15, 0.2) is 5.69 Å². The van der Waals surface area contributed by atoms with Gasteiger partial charge in [-0.15, -0.1) is 5.10 Å².